The molecule has 0 aliphatic rings. The quantitative estimate of drug-likeness (QED) is 0.568. The molecule has 94 valence electrons. The van der Waals surface area contributed by atoms with Crippen LogP contribution < -0.4 is 16.4 Å². The number of hydrogen-bond acceptors (Lipinski definition) is 3. The Bertz CT molecular complexity index is 229. The van der Waals surface area contributed by atoms with Crippen LogP contribution >= 0.6 is 0 Å². The molecule has 4 N–H and O–H groups in total. The standard InChI is InChI=1S/C11H23N3O2/c1-8(2)6-9(7-12)11(16)14-5-4-10(15)13-3/h8-9H,4-7,12H2,1-3H3,(H,13,15)(H,14,16). The van der Waals surface area contributed by atoms with Crippen LogP contribution in [-0.2, 0) is 9.59 Å². The van der Waals surface area contributed by atoms with Crippen molar-refractivity contribution in [2.75, 3.05) is 20.1 Å². The fourth-order valence-corrected chi connectivity index (χ4v) is 1.45. The maximum absolute atomic E-state index is 11.7. The predicted octanol–water partition coefficient (Wildman–Crippen LogP) is -0.140. The van der Waals surface area contributed by atoms with Crippen LogP contribution in [0.5, 0.6) is 0 Å². The molecule has 1 atom stereocenters. The van der Waals surface area contributed by atoms with Crippen molar-refractivity contribution in [2.24, 2.45) is 17.6 Å². The minimum Gasteiger partial charge on any atom is -0.359 e. The summed E-state index contributed by atoms with van der Waals surface area (Å²) in [6.45, 7) is 4.83. The largest absolute Gasteiger partial charge is 0.359 e. The van der Waals surface area contributed by atoms with Gasteiger partial charge >= 0.3 is 0 Å². The van der Waals surface area contributed by atoms with Crippen molar-refractivity contribution < 1.29 is 9.59 Å². The summed E-state index contributed by atoms with van der Waals surface area (Å²) in [6, 6.07) is 0. The highest BCUT2D eigenvalue weighted by Gasteiger charge is 2.17. The maximum atomic E-state index is 11.7. The number of rotatable bonds is 7. The molecule has 16 heavy (non-hydrogen) atoms. The Labute approximate surface area is 97.2 Å². The molecule has 0 heterocycles. The average Bonchev–Trinajstić information content (AvgIpc) is 2.24. The van der Waals surface area contributed by atoms with Crippen molar-refractivity contribution in [3.63, 3.8) is 0 Å². The van der Waals surface area contributed by atoms with Gasteiger partial charge in [0.1, 0.15) is 0 Å². The number of carbonyl (C=O) groups excluding carboxylic acids is 2. The van der Waals surface area contributed by atoms with Gasteiger partial charge in [-0.1, -0.05) is 13.8 Å². The van der Waals surface area contributed by atoms with Crippen molar-refractivity contribution in [1.29, 1.82) is 0 Å². The molecule has 0 rings (SSSR count). The van der Waals surface area contributed by atoms with E-state index in [0.29, 0.717) is 25.4 Å². The van der Waals surface area contributed by atoms with Gasteiger partial charge < -0.3 is 16.4 Å². The molecule has 0 aromatic rings. The summed E-state index contributed by atoms with van der Waals surface area (Å²) in [7, 11) is 1.58. The van der Waals surface area contributed by atoms with Crippen LogP contribution in [0.3, 0.4) is 0 Å². The first-order valence-corrected chi connectivity index (χ1v) is 5.69. The lowest BCUT2D eigenvalue weighted by atomic mass is 9.96. The Morgan fingerprint density at radius 3 is 2.38 bits per heavy atom. The third kappa shape index (κ3) is 6.40. The molecule has 0 aromatic carbocycles. The highest BCUT2D eigenvalue weighted by atomic mass is 16.2. The van der Waals surface area contributed by atoms with Gasteiger partial charge in [-0.3, -0.25) is 9.59 Å². The fraction of sp³-hybridized carbons (Fsp3) is 0.818. The van der Waals surface area contributed by atoms with Gasteiger partial charge in [-0.05, 0) is 12.3 Å². The van der Waals surface area contributed by atoms with Crippen molar-refractivity contribution >= 4 is 11.8 Å². The van der Waals surface area contributed by atoms with Crippen molar-refractivity contribution in [2.45, 2.75) is 26.7 Å². The molecule has 1 unspecified atom stereocenters. The van der Waals surface area contributed by atoms with E-state index in [-0.39, 0.29) is 17.7 Å². The van der Waals surface area contributed by atoms with E-state index in [1.54, 1.807) is 7.05 Å². The molecule has 0 aromatic heterocycles. The second-order valence-electron chi connectivity index (χ2n) is 4.28. The minimum absolute atomic E-state index is 0.0555. The number of amides is 2. The number of carbonyl (C=O) groups is 2. The van der Waals surface area contributed by atoms with Gasteiger partial charge in [0.25, 0.3) is 0 Å². The fourth-order valence-electron chi connectivity index (χ4n) is 1.45. The van der Waals surface area contributed by atoms with E-state index < -0.39 is 0 Å². The van der Waals surface area contributed by atoms with E-state index in [1.165, 1.54) is 0 Å². The van der Waals surface area contributed by atoms with Gasteiger partial charge in [-0.15, -0.1) is 0 Å². The number of nitrogens with two attached hydrogens (primary N) is 1. The summed E-state index contributed by atoms with van der Waals surface area (Å²) >= 11 is 0. The number of hydrogen-bond donors (Lipinski definition) is 3. The molecule has 0 saturated heterocycles. The topological polar surface area (TPSA) is 84.2 Å². The first kappa shape index (κ1) is 14.9. The maximum Gasteiger partial charge on any atom is 0.224 e. The third-order valence-corrected chi connectivity index (χ3v) is 2.34. The van der Waals surface area contributed by atoms with Gasteiger partial charge in [0, 0.05) is 26.6 Å². The van der Waals surface area contributed by atoms with Crippen LogP contribution in [0.1, 0.15) is 26.7 Å². The van der Waals surface area contributed by atoms with Crippen molar-refractivity contribution in [3.8, 4) is 0 Å². The Morgan fingerprint density at radius 1 is 1.31 bits per heavy atom. The van der Waals surface area contributed by atoms with Crippen LogP contribution in [0.4, 0.5) is 0 Å². The number of nitrogens with one attached hydrogen (secondary N) is 2. The molecule has 5 nitrogen and oxygen atoms in total. The molecule has 0 aliphatic carbocycles. The second-order valence-corrected chi connectivity index (χ2v) is 4.28. The zero-order chi connectivity index (χ0) is 12.6. The van der Waals surface area contributed by atoms with E-state index in [9.17, 15) is 9.59 Å². The molecule has 0 spiro atoms. The molecule has 2 amide bonds. The molecule has 0 bridgehead atoms. The summed E-state index contributed by atoms with van der Waals surface area (Å²) in [5.74, 6) is 0.163. The molecule has 0 fully saturated rings. The van der Waals surface area contributed by atoms with E-state index in [2.05, 4.69) is 24.5 Å². The van der Waals surface area contributed by atoms with Crippen LogP contribution in [0.25, 0.3) is 0 Å². The zero-order valence-electron chi connectivity index (χ0n) is 10.4. The summed E-state index contributed by atoms with van der Waals surface area (Å²) in [5.41, 5.74) is 5.54. The minimum atomic E-state index is -0.148. The molecule has 0 aliphatic heterocycles. The Morgan fingerprint density at radius 2 is 1.94 bits per heavy atom. The lowest BCUT2D eigenvalue weighted by molar-refractivity contribution is -0.125. The van der Waals surface area contributed by atoms with Gasteiger partial charge in [-0.25, -0.2) is 0 Å². The van der Waals surface area contributed by atoms with Crippen LogP contribution in [-0.4, -0.2) is 32.0 Å². The summed E-state index contributed by atoms with van der Waals surface area (Å²) in [5, 5.41) is 5.22. The van der Waals surface area contributed by atoms with E-state index in [4.69, 9.17) is 5.73 Å². The van der Waals surface area contributed by atoms with E-state index >= 15 is 0 Å². The van der Waals surface area contributed by atoms with Gasteiger partial charge in [0.05, 0.1) is 5.92 Å². The normalized spacial score (nSPS) is 12.3. The van der Waals surface area contributed by atoms with Crippen LogP contribution in [0.2, 0.25) is 0 Å². The summed E-state index contributed by atoms with van der Waals surface area (Å²) in [6.07, 6.45) is 1.09. The molecule has 0 radical (unpaired) electrons. The lowest BCUT2D eigenvalue weighted by Crippen LogP contribution is -2.37. The van der Waals surface area contributed by atoms with Crippen molar-refractivity contribution in [1.82, 2.24) is 10.6 Å². The average molecular weight is 229 g/mol. The summed E-state index contributed by atoms with van der Waals surface area (Å²) < 4.78 is 0. The highest BCUT2D eigenvalue weighted by molar-refractivity contribution is 5.80. The monoisotopic (exact) mass is 229 g/mol. The molecular formula is C11H23N3O2. The first-order chi connectivity index (χ1) is 7.51. The van der Waals surface area contributed by atoms with Crippen molar-refractivity contribution in [3.05, 3.63) is 0 Å². The van der Waals surface area contributed by atoms with Crippen LogP contribution in [0, 0.1) is 11.8 Å². The smallest absolute Gasteiger partial charge is 0.224 e. The Kier molecular flexibility index (Phi) is 7.54. The lowest BCUT2D eigenvalue weighted by Gasteiger charge is -2.16. The third-order valence-electron chi connectivity index (χ3n) is 2.34. The van der Waals surface area contributed by atoms with Gasteiger partial charge in [-0.2, -0.15) is 0 Å². The molecule has 0 saturated carbocycles. The van der Waals surface area contributed by atoms with Gasteiger partial charge in [0.15, 0.2) is 0 Å². The molecular weight excluding hydrogens is 206 g/mol. The second kappa shape index (κ2) is 8.10. The van der Waals surface area contributed by atoms with Crippen LogP contribution in [0.15, 0.2) is 0 Å². The summed E-state index contributed by atoms with van der Waals surface area (Å²) in [4.78, 5) is 22.6. The molecule has 5 heteroatoms. The SMILES string of the molecule is CNC(=O)CCNC(=O)C(CN)CC(C)C. The van der Waals surface area contributed by atoms with E-state index in [0.717, 1.165) is 6.42 Å². The Balaban J connectivity index is 3.88. The van der Waals surface area contributed by atoms with E-state index in [1.807, 2.05) is 0 Å². The predicted molar refractivity (Wildman–Crippen MR) is 63.7 cm³/mol. The van der Waals surface area contributed by atoms with Gasteiger partial charge in [0.2, 0.25) is 11.8 Å². The zero-order valence-corrected chi connectivity index (χ0v) is 10.4. The first-order valence-electron chi connectivity index (χ1n) is 5.69. The Hall–Kier alpha value is -1.10. The highest BCUT2D eigenvalue weighted by Crippen LogP contribution is 2.10.